The van der Waals surface area contributed by atoms with Crippen LogP contribution < -0.4 is 4.90 Å². The minimum Gasteiger partial charge on any atom is -0.463 e. The highest BCUT2D eigenvalue weighted by Gasteiger charge is 2.36. The number of carbonyl (C=O) groups excluding carboxylic acids is 1. The van der Waals surface area contributed by atoms with Gasteiger partial charge in [-0.1, -0.05) is 23.4 Å². The molecule has 3 rings (SSSR count). The van der Waals surface area contributed by atoms with Gasteiger partial charge in [-0.15, -0.1) is 5.10 Å². The van der Waals surface area contributed by atoms with E-state index in [0.717, 1.165) is 5.69 Å². The van der Waals surface area contributed by atoms with Crippen LogP contribution in [0.1, 0.15) is 12.7 Å². The van der Waals surface area contributed by atoms with Gasteiger partial charge in [0.15, 0.2) is 5.17 Å². The van der Waals surface area contributed by atoms with Crippen LogP contribution in [0.4, 0.5) is 5.69 Å². The second kappa shape index (κ2) is 6.37. The Morgan fingerprint density at radius 1 is 1.32 bits per heavy atom. The summed E-state index contributed by atoms with van der Waals surface area (Å²) in [6.07, 6.45) is 3.06. The highest BCUT2D eigenvalue weighted by Crippen LogP contribution is 2.32. The first-order valence-electron chi connectivity index (χ1n) is 6.56. The topological polar surface area (TPSA) is 58.2 Å². The fourth-order valence-corrected chi connectivity index (χ4v) is 2.98. The third-order valence-electron chi connectivity index (χ3n) is 3.00. The van der Waals surface area contributed by atoms with Crippen LogP contribution in [-0.2, 0) is 4.79 Å². The molecule has 1 unspecified atom stereocenters. The largest absolute Gasteiger partial charge is 0.463 e. The Labute approximate surface area is 136 Å². The molecule has 1 fully saturated rings. The maximum Gasteiger partial charge on any atom is 0.246 e. The molecule has 0 aliphatic carbocycles. The van der Waals surface area contributed by atoms with Gasteiger partial charge in [0.1, 0.15) is 5.76 Å². The summed E-state index contributed by atoms with van der Waals surface area (Å²) in [5, 5.41) is 9.07. The Morgan fingerprint density at radius 3 is 2.77 bits per heavy atom. The molecule has 5 nitrogen and oxygen atoms in total. The second-order valence-corrected chi connectivity index (χ2v) is 6.30. The number of nitrogens with zero attached hydrogens (tertiary/aromatic N) is 3. The molecule has 1 aliphatic heterocycles. The lowest BCUT2D eigenvalue weighted by molar-refractivity contribution is -0.116. The van der Waals surface area contributed by atoms with E-state index in [1.54, 1.807) is 47.6 Å². The van der Waals surface area contributed by atoms with E-state index in [9.17, 15) is 4.79 Å². The molecule has 0 N–H and O–H groups in total. The lowest BCUT2D eigenvalue weighted by atomic mass is 10.3. The number of carbonyl (C=O) groups is 1. The van der Waals surface area contributed by atoms with Crippen molar-refractivity contribution in [2.24, 2.45) is 10.2 Å². The van der Waals surface area contributed by atoms with Crippen LogP contribution in [0, 0.1) is 0 Å². The molecule has 0 radical (unpaired) electrons. The number of amidine groups is 1. The number of thioether (sulfide) groups is 1. The second-order valence-electron chi connectivity index (χ2n) is 4.55. The van der Waals surface area contributed by atoms with Gasteiger partial charge in [0.2, 0.25) is 5.91 Å². The summed E-state index contributed by atoms with van der Waals surface area (Å²) in [5.41, 5.74) is 0.721. The highest BCUT2D eigenvalue weighted by molar-refractivity contribution is 8.16. The lowest BCUT2D eigenvalue weighted by Gasteiger charge is -2.15. The molecular formula is C15H12ClN3O2S. The summed E-state index contributed by atoms with van der Waals surface area (Å²) >= 11 is 7.25. The van der Waals surface area contributed by atoms with Gasteiger partial charge in [0.25, 0.3) is 0 Å². The Bertz CT molecular complexity index is 726. The molecule has 1 aromatic carbocycles. The van der Waals surface area contributed by atoms with Gasteiger partial charge >= 0.3 is 0 Å². The molecule has 1 saturated heterocycles. The van der Waals surface area contributed by atoms with Crippen molar-refractivity contribution >= 4 is 46.3 Å². The van der Waals surface area contributed by atoms with Crippen molar-refractivity contribution < 1.29 is 9.21 Å². The third kappa shape index (κ3) is 3.08. The number of furan rings is 1. The predicted molar refractivity (Wildman–Crippen MR) is 89.7 cm³/mol. The lowest BCUT2D eigenvalue weighted by Crippen LogP contribution is -2.31. The average molecular weight is 334 g/mol. The molecule has 1 aromatic heterocycles. The normalized spacial score (nSPS) is 20.5. The smallest absolute Gasteiger partial charge is 0.246 e. The fraction of sp³-hybridized carbons (Fsp3) is 0.133. The summed E-state index contributed by atoms with van der Waals surface area (Å²) in [7, 11) is 0. The molecule has 2 heterocycles. The van der Waals surface area contributed by atoms with Crippen LogP contribution in [-0.4, -0.2) is 22.5 Å². The number of benzene rings is 1. The molecule has 0 bridgehead atoms. The van der Waals surface area contributed by atoms with Crippen molar-refractivity contribution in [2.45, 2.75) is 12.2 Å². The maximum absolute atomic E-state index is 12.3. The zero-order valence-electron chi connectivity index (χ0n) is 11.6. The molecule has 0 spiro atoms. The molecule has 1 aliphatic rings. The van der Waals surface area contributed by atoms with Crippen molar-refractivity contribution in [1.82, 2.24) is 0 Å². The molecule has 112 valence electrons. The zero-order valence-corrected chi connectivity index (χ0v) is 13.2. The number of halogens is 1. The Morgan fingerprint density at radius 2 is 2.09 bits per heavy atom. The quantitative estimate of drug-likeness (QED) is 0.634. The van der Waals surface area contributed by atoms with Crippen LogP contribution >= 0.6 is 23.4 Å². The summed E-state index contributed by atoms with van der Waals surface area (Å²) in [6, 6.07) is 10.6. The molecule has 7 heteroatoms. The molecule has 22 heavy (non-hydrogen) atoms. The third-order valence-corrected chi connectivity index (χ3v) is 4.28. The summed E-state index contributed by atoms with van der Waals surface area (Å²) < 4.78 is 5.14. The van der Waals surface area contributed by atoms with Gasteiger partial charge in [-0.2, -0.15) is 5.10 Å². The number of hydrogen-bond donors (Lipinski definition) is 0. The molecule has 0 saturated carbocycles. The van der Waals surface area contributed by atoms with Crippen LogP contribution in [0.2, 0.25) is 5.02 Å². The minimum atomic E-state index is -0.201. The fourth-order valence-electron chi connectivity index (χ4n) is 1.93. The van der Waals surface area contributed by atoms with E-state index >= 15 is 0 Å². The van der Waals surface area contributed by atoms with Gasteiger partial charge < -0.3 is 4.42 Å². The Hall–Kier alpha value is -2.05. The van der Waals surface area contributed by atoms with E-state index in [2.05, 4.69) is 10.2 Å². The summed E-state index contributed by atoms with van der Waals surface area (Å²) in [6.45, 7) is 1.84. The zero-order chi connectivity index (χ0) is 15.5. The van der Waals surface area contributed by atoms with Crippen LogP contribution in [0.15, 0.2) is 57.3 Å². The van der Waals surface area contributed by atoms with Crippen molar-refractivity contribution in [2.75, 3.05) is 4.90 Å². The Kier molecular flexibility index (Phi) is 4.31. The SMILES string of the molecule is CC1SC(=N/N=C/c2ccco2)N(c2ccc(Cl)cc2)C1=O. The summed E-state index contributed by atoms with van der Waals surface area (Å²) in [4.78, 5) is 13.9. The summed E-state index contributed by atoms with van der Waals surface area (Å²) in [5.74, 6) is 0.573. The van der Waals surface area contributed by atoms with Crippen molar-refractivity contribution in [3.63, 3.8) is 0 Å². The highest BCUT2D eigenvalue weighted by atomic mass is 35.5. The number of hydrogen-bond acceptors (Lipinski definition) is 5. The van der Waals surface area contributed by atoms with Crippen LogP contribution in [0.25, 0.3) is 0 Å². The van der Waals surface area contributed by atoms with E-state index in [0.29, 0.717) is 16.0 Å². The first-order valence-corrected chi connectivity index (χ1v) is 7.81. The molecule has 1 atom stereocenters. The molecule has 1 amide bonds. The van der Waals surface area contributed by atoms with Crippen molar-refractivity contribution in [1.29, 1.82) is 0 Å². The monoisotopic (exact) mass is 333 g/mol. The van der Waals surface area contributed by atoms with E-state index in [1.807, 2.05) is 6.92 Å². The number of rotatable bonds is 3. The van der Waals surface area contributed by atoms with Crippen molar-refractivity contribution in [3.05, 3.63) is 53.4 Å². The van der Waals surface area contributed by atoms with Gasteiger partial charge in [0.05, 0.1) is 23.4 Å². The number of amides is 1. The van der Waals surface area contributed by atoms with Gasteiger partial charge in [-0.25, -0.2) is 0 Å². The Balaban J connectivity index is 1.88. The van der Waals surface area contributed by atoms with E-state index < -0.39 is 0 Å². The van der Waals surface area contributed by atoms with Gasteiger partial charge in [-0.05, 0) is 43.3 Å². The molecular weight excluding hydrogens is 322 g/mol. The van der Waals surface area contributed by atoms with Gasteiger partial charge in [-0.3, -0.25) is 9.69 Å². The standard InChI is InChI=1S/C15H12ClN3O2S/c1-10-14(20)19(12-6-4-11(16)5-7-12)15(22-10)18-17-9-13-3-2-8-21-13/h2-10H,1H3/b17-9+,18-15?. The number of anilines is 1. The van der Waals surface area contributed by atoms with Crippen molar-refractivity contribution in [3.8, 4) is 0 Å². The first-order chi connectivity index (χ1) is 10.6. The minimum absolute atomic E-state index is 0.0285. The average Bonchev–Trinajstić information content (AvgIpc) is 3.10. The first kappa shape index (κ1) is 14.9. The molecule has 2 aromatic rings. The van der Waals surface area contributed by atoms with E-state index in [-0.39, 0.29) is 11.2 Å². The van der Waals surface area contributed by atoms with E-state index in [1.165, 1.54) is 18.0 Å². The maximum atomic E-state index is 12.3. The van der Waals surface area contributed by atoms with E-state index in [4.69, 9.17) is 16.0 Å². The predicted octanol–water partition coefficient (Wildman–Crippen LogP) is 3.79. The van der Waals surface area contributed by atoms with Gasteiger partial charge in [0, 0.05) is 5.02 Å². The van der Waals surface area contributed by atoms with Crippen LogP contribution in [0.3, 0.4) is 0 Å². The van der Waals surface area contributed by atoms with Crippen LogP contribution in [0.5, 0.6) is 0 Å².